The van der Waals surface area contributed by atoms with Gasteiger partial charge in [-0.1, -0.05) is 19.1 Å². The largest absolute Gasteiger partial charge is 0.397 e. The van der Waals surface area contributed by atoms with Crippen LogP contribution in [0.5, 0.6) is 0 Å². The number of hydrogen-bond donors (Lipinski definition) is 2. The zero-order valence-electron chi connectivity index (χ0n) is 8.23. The van der Waals surface area contributed by atoms with Crippen LogP contribution in [0.1, 0.15) is 19.8 Å². The van der Waals surface area contributed by atoms with Gasteiger partial charge in [0.2, 0.25) is 5.91 Å². The number of nitrogens with zero attached hydrogens (tertiary/aromatic N) is 1. The summed E-state index contributed by atoms with van der Waals surface area (Å²) in [6.07, 6.45) is 1.21. The highest BCUT2D eigenvalue weighted by atomic mass is 16.2. The lowest BCUT2D eigenvalue weighted by molar-refractivity contribution is -0.118. The molecule has 4 nitrogen and oxygen atoms in total. The summed E-state index contributed by atoms with van der Waals surface area (Å²) < 4.78 is 0. The third-order valence-corrected chi connectivity index (χ3v) is 1.93. The third kappa shape index (κ3) is 2.23. The summed E-state index contributed by atoms with van der Waals surface area (Å²) in [5.41, 5.74) is 6.76. The molecule has 1 aromatic carbocycles. The number of carbonyl (C=O) groups is 1. The average molecular weight is 193 g/mol. The fraction of sp³-hybridized carbons (Fsp3) is 0.300. The summed E-state index contributed by atoms with van der Waals surface area (Å²) in [5.74, 6) is 5.51. The Kier molecular flexibility index (Phi) is 3.48. The molecule has 14 heavy (non-hydrogen) atoms. The molecule has 0 heterocycles. The van der Waals surface area contributed by atoms with Crippen molar-refractivity contribution in [2.75, 3.05) is 10.7 Å². The monoisotopic (exact) mass is 193 g/mol. The molecule has 0 aliphatic carbocycles. The van der Waals surface area contributed by atoms with Crippen LogP contribution in [-0.2, 0) is 4.79 Å². The lowest BCUT2D eigenvalue weighted by atomic mass is 10.2. The molecule has 0 aromatic heterocycles. The Hall–Kier alpha value is -1.55. The van der Waals surface area contributed by atoms with E-state index in [0.717, 1.165) is 11.4 Å². The van der Waals surface area contributed by atoms with Gasteiger partial charge in [0.15, 0.2) is 0 Å². The van der Waals surface area contributed by atoms with Crippen molar-refractivity contribution >= 4 is 17.3 Å². The molecule has 0 unspecified atom stereocenters. The number of hydrogen-bond acceptors (Lipinski definition) is 3. The topological polar surface area (TPSA) is 72.3 Å². The van der Waals surface area contributed by atoms with Crippen molar-refractivity contribution in [1.29, 1.82) is 0 Å². The molecule has 1 rings (SSSR count). The lowest BCUT2D eigenvalue weighted by Crippen LogP contribution is -2.37. The summed E-state index contributed by atoms with van der Waals surface area (Å²) in [6.45, 7) is 1.93. The van der Waals surface area contributed by atoms with Crippen LogP contribution >= 0.6 is 0 Å². The minimum Gasteiger partial charge on any atom is -0.397 e. The Labute approximate surface area is 83.5 Å². The van der Waals surface area contributed by atoms with Crippen molar-refractivity contribution in [3.63, 3.8) is 0 Å². The zero-order valence-corrected chi connectivity index (χ0v) is 8.23. The Morgan fingerprint density at radius 1 is 1.43 bits per heavy atom. The maximum atomic E-state index is 11.4. The van der Waals surface area contributed by atoms with Gasteiger partial charge in [-0.05, 0) is 18.6 Å². The van der Waals surface area contributed by atoms with Gasteiger partial charge in [-0.25, -0.2) is 10.9 Å². The standard InChI is InChI=1S/C10H15N3O/c1-2-5-10(14)13(12)9-7-4-3-6-8(9)11/h3-4,6-7H,2,5,11-12H2,1H3. The van der Waals surface area contributed by atoms with Gasteiger partial charge in [0.1, 0.15) is 0 Å². The van der Waals surface area contributed by atoms with E-state index in [1.54, 1.807) is 24.3 Å². The molecule has 0 spiro atoms. The van der Waals surface area contributed by atoms with E-state index in [9.17, 15) is 4.79 Å². The first kappa shape index (κ1) is 10.5. The minimum absolute atomic E-state index is 0.120. The summed E-state index contributed by atoms with van der Waals surface area (Å²) in [5, 5.41) is 1.11. The Balaban J connectivity index is 2.84. The van der Waals surface area contributed by atoms with Crippen molar-refractivity contribution < 1.29 is 4.79 Å². The molecule has 76 valence electrons. The first-order valence-electron chi connectivity index (χ1n) is 4.59. The van der Waals surface area contributed by atoms with Crippen molar-refractivity contribution in [3.05, 3.63) is 24.3 Å². The van der Waals surface area contributed by atoms with Crippen molar-refractivity contribution in [3.8, 4) is 0 Å². The van der Waals surface area contributed by atoms with Gasteiger partial charge < -0.3 is 5.73 Å². The number of anilines is 2. The van der Waals surface area contributed by atoms with E-state index in [1.807, 2.05) is 6.92 Å². The first-order valence-corrected chi connectivity index (χ1v) is 4.59. The van der Waals surface area contributed by atoms with Gasteiger partial charge in [-0.2, -0.15) is 0 Å². The van der Waals surface area contributed by atoms with Crippen LogP contribution in [0, 0.1) is 0 Å². The van der Waals surface area contributed by atoms with Gasteiger partial charge in [0.05, 0.1) is 11.4 Å². The number of benzene rings is 1. The predicted molar refractivity (Wildman–Crippen MR) is 57.4 cm³/mol. The van der Waals surface area contributed by atoms with Crippen molar-refractivity contribution in [1.82, 2.24) is 0 Å². The zero-order chi connectivity index (χ0) is 10.6. The summed E-state index contributed by atoms with van der Waals surface area (Å²) >= 11 is 0. The van der Waals surface area contributed by atoms with E-state index in [-0.39, 0.29) is 5.91 Å². The number of rotatable bonds is 3. The van der Waals surface area contributed by atoms with E-state index in [1.165, 1.54) is 0 Å². The summed E-state index contributed by atoms with van der Waals surface area (Å²) in [7, 11) is 0. The molecule has 0 saturated heterocycles. The smallest absolute Gasteiger partial charge is 0.241 e. The molecule has 0 atom stereocenters. The summed E-state index contributed by atoms with van der Waals surface area (Å²) in [4.78, 5) is 11.4. The number of para-hydroxylation sites is 2. The highest BCUT2D eigenvalue weighted by Gasteiger charge is 2.12. The van der Waals surface area contributed by atoms with E-state index >= 15 is 0 Å². The van der Waals surface area contributed by atoms with Crippen molar-refractivity contribution in [2.45, 2.75) is 19.8 Å². The van der Waals surface area contributed by atoms with Crippen LogP contribution < -0.4 is 16.6 Å². The van der Waals surface area contributed by atoms with Crippen LogP contribution in [0.4, 0.5) is 11.4 Å². The normalized spacial score (nSPS) is 9.86. The van der Waals surface area contributed by atoms with E-state index < -0.39 is 0 Å². The van der Waals surface area contributed by atoms with Gasteiger partial charge in [0.25, 0.3) is 0 Å². The molecule has 0 aliphatic heterocycles. The third-order valence-electron chi connectivity index (χ3n) is 1.93. The number of carbonyl (C=O) groups excluding carboxylic acids is 1. The van der Waals surface area contributed by atoms with Crippen LogP contribution in [-0.4, -0.2) is 5.91 Å². The second-order valence-electron chi connectivity index (χ2n) is 3.07. The number of nitrogen functional groups attached to an aromatic ring is 1. The SMILES string of the molecule is CCCC(=O)N(N)c1ccccc1N. The maximum absolute atomic E-state index is 11.4. The molecule has 4 heteroatoms. The summed E-state index contributed by atoms with van der Waals surface area (Å²) in [6, 6.07) is 7.04. The van der Waals surface area contributed by atoms with Crippen LogP contribution in [0.3, 0.4) is 0 Å². The fourth-order valence-corrected chi connectivity index (χ4v) is 1.18. The molecule has 1 amide bonds. The molecular formula is C10H15N3O. The molecule has 1 aromatic rings. The molecule has 0 fully saturated rings. The second kappa shape index (κ2) is 4.62. The molecule has 0 saturated carbocycles. The van der Waals surface area contributed by atoms with Crippen LogP contribution in [0.2, 0.25) is 0 Å². The fourth-order valence-electron chi connectivity index (χ4n) is 1.18. The number of hydrazine groups is 1. The Morgan fingerprint density at radius 2 is 2.07 bits per heavy atom. The Morgan fingerprint density at radius 3 is 2.64 bits per heavy atom. The van der Waals surface area contributed by atoms with Crippen LogP contribution in [0.25, 0.3) is 0 Å². The number of nitrogens with two attached hydrogens (primary N) is 2. The number of amides is 1. The first-order chi connectivity index (χ1) is 6.66. The van der Waals surface area contributed by atoms with E-state index in [0.29, 0.717) is 17.8 Å². The highest BCUT2D eigenvalue weighted by molar-refractivity contribution is 5.95. The second-order valence-corrected chi connectivity index (χ2v) is 3.07. The van der Waals surface area contributed by atoms with Gasteiger partial charge in [-0.15, -0.1) is 0 Å². The van der Waals surface area contributed by atoms with Crippen LogP contribution in [0.15, 0.2) is 24.3 Å². The van der Waals surface area contributed by atoms with Gasteiger partial charge >= 0.3 is 0 Å². The predicted octanol–water partition coefficient (Wildman–Crippen LogP) is 1.28. The van der Waals surface area contributed by atoms with Crippen molar-refractivity contribution in [2.24, 2.45) is 5.84 Å². The molecule has 4 N–H and O–H groups in total. The quantitative estimate of drug-likeness (QED) is 0.328. The van der Waals surface area contributed by atoms with E-state index in [4.69, 9.17) is 11.6 Å². The highest BCUT2D eigenvalue weighted by Crippen LogP contribution is 2.20. The molecule has 0 bridgehead atoms. The van der Waals surface area contributed by atoms with Gasteiger partial charge in [0, 0.05) is 6.42 Å². The Bertz CT molecular complexity index is 325. The average Bonchev–Trinajstić information content (AvgIpc) is 2.18. The molecular weight excluding hydrogens is 178 g/mol. The van der Waals surface area contributed by atoms with Gasteiger partial charge in [-0.3, -0.25) is 4.79 Å². The molecule has 0 aliphatic rings. The van der Waals surface area contributed by atoms with E-state index in [2.05, 4.69) is 0 Å². The lowest BCUT2D eigenvalue weighted by Gasteiger charge is -2.17. The molecule has 0 radical (unpaired) electrons. The maximum Gasteiger partial charge on any atom is 0.241 e. The minimum atomic E-state index is -0.120.